The van der Waals surface area contributed by atoms with Gasteiger partial charge in [-0.15, -0.1) is 0 Å². The van der Waals surface area contributed by atoms with Gasteiger partial charge in [0, 0.05) is 41.2 Å². The first kappa shape index (κ1) is 84.0. The lowest BCUT2D eigenvalue weighted by atomic mass is 9.78. The molecule has 0 aliphatic heterocycles. The minimum atomic E-state index is -0.245. The smallest absolute Gasteiger partial charge is 0.325 e. The van der Waals surface area contributed by atoms with Crippen molar-refractivity contribution in [2.75, 3.05) is 21.3 Å². The van der Waals surface area contributed by atoms with Gasteiger partial charge in [0.2, 0.25) is 0 Å². The maximum Gasteiger partial charge on any atom is 0.325 e. The van der Waals surface area contributed by atoms with E-state index in [1.807, 2.05) is 289 Å². The van der Waals surface area contributed by atoms with Crippen molar-refractivity contribution in [2.45, 2.75) is 80.1 Å². The summed E-state index contributed by atoms with van der Waals surface area (Å²) in [5.41, 5.74) is 8.63. The van der Waals surface area contributed by atoms with Gasteiger partial charge >= 0.3 is 18.0 Å². The van der Waals surface area contributed by atoms with E-state index in [0.717, 1.165) is 73.6 Å². The van der Waals surface area contributed by atoms with Crippen molar-refractivity contribution in [3.8, 4) is 144 Å². The second-order valence-corrected chi connectivity index (χ2v) is 29.5. The van der Waals surface area contributed by atoms with E-state index < -0.39 is 0 Å². The lowest BCUT2D eigenvalue weighted by Crippen LogP contribution is -2.18. The van der Waals surface area contributed by atoms with E-state index >= 15 is 0 Å². The molecule has 0 fully saturated rings. The highest BCUT2D eigenvalue weighted by atomic mass is 16.5. The quantitative estimate of drug-likeness (QED) is 0.0466. The zero-order valence-electron chi connectivity index (χ0n) is 70.4. The summed E-state index contributed by atoms with van der Waals surface area (Å²) < 4.78 is 69.8. The van der Waals surface area contributed by atoms with Crippen LogP contribution in [-0.4, -0.2) is 66.2 Å². The lowest BCUT2D eigenvalue weighted by Gasteiger charge is -2.26. The Kier molecular flexibility index (Phi) is 26.6. The fourth-order valence-corrected chi connectivity index (χ4v) is 13.2. The Bertz CT molecular complexity index is 6160. The second-order valence-electron chi connectivity index (χ2n) is 29.5. The van der Waals surface area contributed by atoms with Crippen molar-refractivity contribution in [1.82, 2.24) is 44.9 Å². The lowest BCUT2D eigenvalue weighted by molar-refractivity contribution is 0.408. The number of ether oxygens (including phenoxy) is 12. The molecule has 3 heterocycles. The number of nitrogens with zero attached hydrogens (tertiary/aromatic N) is 9. The van der Waals surface area contributed by atoms with Crippen molar-refractivity contribution < 1.29 is 56.8 Å². The Morgan fingerprint density at radius 1 is 0.171 bits per heavy atom. The molecule has 0 spiro atoms. The summed E-state index contributed by atoms with van der Waals surface area (Å²) in [6.07, 6.45) is 0. The average Bonchev–Trinajstić information content (AvgIpc) is 0.826. The number of aromatic nitrogens is 9. The number of aryl methyl sites for hydroxylation is 6. The Hall–Kier alpha value is -15.5. The molecule has 0 N–H and O–H groups in total. The van der Waals surface area contributed by atoms with E-state index in [-0.39, 0.29) is 22.9 Å². The molecular weight excluding hydrogens is 1540 g/mol. The molecule has 123 heavy (non-hydrogen) atoms. The van der Waals surface area contributed by atoms with E-state index in [2.05, 4.69) is 121 Å². The van der Waals surface area contributed by atoms with E-state index in [1.54, 1.807) is 41.2 Å². The Balaban J connectivity index is 0.000000154. The van der Waals surface area contributed by atoms with Crippen LogP contribution in [0.3, 0.4) is 0 Å². The maximum atomic E-state index is 6.23. The number of benzene rings is 13. The largest absolute Gasteiger partial charge is 0.497 e. The van der Waals surface area contributed by atoms with Crippen LogP contribution < -0.4 is 56.8 Å². The van der Waals surface area contributed by atoms with E-state index in [4.69, 9.17) is 56.8 Å². The third kappa shape index (κ3) is 23.1. The van der Waals surface area contributed by atoms with Gasteiger partial charge in [-0.1, -0.05) is 155 Å². The Morgan fingerprint density at radius 3 is 0.561 bits per heavy atom. The van der Waals surface area contributed by atoms with Gasteiger partial charge in [0.15, 0.2) is 0 Å². The SMILES string of the molecule is COc1ccc(-c2ccc(Oc3cccc(Oc4ccc(-c5ccc(Oc6nc(C)nc(C)n6)cc5)cc4)c3)cc2)cc1.COc1ccc(C(C)(C)c2ccc(Oc3cccc(Oc4ccc(C(C)(C)c5ccc(Oc6nc(C)nc(C)n6)cc5)cc4)c3)cc2)cc1.COc1cccc(Oc2cccc(Oc3cccc(Oc4nc(C)nc(C)n4)c3)c2)c1. The van der Waals surface area contributed by atoms with Gasteiger partial charge in [0.05, 0.1) is 21.3 Å². The molecule has 21 heteroatoms. The Morgan fingerprint density at radius 2 is 0.333 bits per heavy atom. The molecule has 0 saturated carbocycles. The highest BCUT2D eigenvalue weighted by Crippen LogP contribution is 2.40. The molecule has 0 unspecified atom stereocenters. The monoisotopic (exact) mass is 1630 g/mol. The maximum absolute atomic E-state index is 6.23. The summed E-state index contributed by atoms with van der Waals surface area (Å²) in [5, 5.41) is 0. The molecule has 16 rings (SSSR count). The molecule has 616 valence electrons. The first-order valence-corrected chi connectivity index (χ1v) is 39.7. The zero-order chi connectivity index (χ0) is 85.8. The van der Waals surface area contributed by atoms with Crippen LogP contribution in [0.5, 0.6) is 122 Å². The molecule has 16 aromatic rings. The standard InChI is InChI=1S/C42H41N3O4.C36H29N3O4.C24H21N3O4/c1-28-43-29(2)45-40(44-28)49-37-25-17-33(18-26-37)42(5,6)32-15-23-36(24-16-32)48-39-10-8-9-38(27-39)47-35-21-13-31(14-22-35)41(3,4)30-11-19-34(46-7)20-12-30;1-24-37-25(2)39-36(38-24)43-33-21-13-29(14-22-33)28-11-19-32(20-12-28)42-35-6-4-5-34(23-35)41-31-17-9-27(10-18-31)26-7-15-30(40-3)16-8-26;1-16-25-17(2)27-24(26-16)31-23-12-6-11-22(15-23)30-21-10-5-9-20(14-21)29-19-8-4-7-18(13-19)28-3/h8-27H,1-7H3;4-23H,1-3H3;4-15H,1-3H3. The van der Waals surface area contributed by atoms with E-state index in [1.165, 1.54) is 11.1 Å². The summed E-state index contributed by atoms with van der Waals surface area (Å²) in [6.45, 7) is 19.7. The molecule has 0 aliphatic carbocycles. The fourth-order valence-electron chi connectivity index (χ4n) is 13.2. The Labute approximate surface area is 715 Å². The average molecular weight is 1630 g/mol. The van der Waals surface area contributed by atoms with Crippen molar-refractivity contribution in [3.05, 3.63) is 373 Å². The summed E-state index contributed by atoms with van der Waals surface area (Å²) >= 11 is 0. The first-order valence-electron chi connectivity index (χ1n) is 39.7. The summed E-state index contributed by atoms with van der Waals surface area (Å²) in [4.78, 5) is 37.9. The van der Waals surface area contributed by atoms with Crippen LogP contribution in [0.1, 0.15) is 84.9 Å². The molecule has 13 aromatic carbocycles. The highest BCUT2D eigenvalue weighted by molar-refractivity contribution is 5.67. The van der Waals surface area contributed by atoms with Gasteiger partial charge in [0.1, 0.15) is 138 Å². The zero-order valence-corrected chi connectivity index (χ0v) is 70.4. The minimum Gasteiger partial charge on any atom is -0.497 e. The number of methoxy groups -OCH3 is 3. The van der Waals surface area contributed by atoms with Crippen molar-refractivity contribution in [1.29, 1.82) is 0 Å². The van der Waals surface area contributed by atoms with Crippen molar-refractivity contribution >= 4 is 0 Å². The third-order valence-corrected chi connectivity index (χ3v) is 19.7. The van der Waals surface area contributed by atoms with Crippen LogP contribution in [0.25, 0.3) is 22.3 Å². The predicted molar refractivity (Wildman–Crippen MR) is 474 cm³/mol. The molecule has 0 amide bonds. The topological polar surface area (TPSA) is 227 Å². The number of hydrogen-bond donors (Lipinski definition) is 0. The highest BCUT2D eigenvalue weighted by Gasteiger charge is 2.26. The fraction of sp³-hybridized carbons (Fsp3) is 0.147. The minimum absolute atomic E-state index is 0.168. The summed E-state index contributed by atoms with van der Waals surface area (Å²) in [7, 11) is 4.97. The van der Waals surface area contributed by atoms with Crippen LogP contribution >= 0.6 is 0 Å². The van der Waals surface area contributed by atoms with Crippen molar-refractivity contribution in [2.24, 2.45) is 0 Å². The molecular formula is C102H91N9O12. The number of hydrogen-bond acceptors (Lipinski definition) is 21. The summed E-state index contributed by atoms with van der Waals surface area (Å²) in [6, 6.07) is 103. The van der Waals surface area contributed by atoms with Gasteiger partial charge in [-0.05, 0) is 244 Å². The molecule has 21 nitrogen and oxygen atoms in total. The molecule has 3 aromatic heterocycles. The van der Waals surface area contributed by atoms with Gasteiger partial charge in [-0.3, -0.25) is 0 Å². The van der Waals surface area contributed by atoms with Crippen LogP contribution in [-0.2, 0) is 10.8 Å². The van der Waals surface area contributed by atoms with Crippen LogP contribution in [0, 0.1) is 41.5 Å². The molecule has 0 atom stereocenters. The second kappa shape index (κ2) is 38.9. The molecule has 0 radical (unpaired) electrons. The van der Waals surface area contributed by atoms with Gasteiger partial charge in [-0.2, -0.15) is 29.9 Å². The van der Waals surface area contributed by atoms with E-state index in [9.17, 15) is 0 Å². The third-order valence-electron chi connectivity index (χ3n) is 19.7. The number of rotatable bonds is 27. The first-order chi connectivity index (χ1) is 59.6. The molecule has 0 aliphatic rings. The normalized spacial score (nSPS) is 11.0. The molecule has 0 saturated heterocycles. The van der Waals surface area contributed by atoms with Gasteiger partial charge in [-0.25, -0.2) is 15.0 Å². The predicted octanol–water partition coefficient (Wildman–Crippen LogP) is 25.6. The van der Waals surface area contributed by atoms with Gasteiger partial charge in [0.25, 0.3) is 0 Å². The van der Waals surface area contributed by atoms with Crippen molar-refractivity contribution in [3.63, 3.8) is 0 Å². The van der Waals surface area contributed by atoms with Crippen LogP contribution in [0.15, 0.2) is 315 Å². The van der Waals surface area contributed by atoms with E-state index in [0.29, 0.717) is 104 Å². The summed E-state index contributed by atoms with van der Waals surface area (Å²) in [5.74, 6) is 16.3. The molecule has 0 bridgehead atoms. The van der Waals surface area contributed by atoms with Crippen LogP contribution in [0.2, 0.25) is 0 Å². The van der Waals surface area contributed by atoms with Crippen LogP contribution in [0.4, 0.5) is 0 Å². The van der Waals surface area contributed by atoms with Gasteiger partial charge < -0.3 is 56.8 Å².